The van der Waals surface area contributed by atoms with Gasteiger partial charge in [0.25, 0.3) is 0 Å². The second-order valence-electron chi connectivity index (χ2n) is 19.5. The molecule has 70 heavy (non-hydrogen) atoms. The third kappa shape index (κ3) is 29.5. The first-order valence-electron chi connectivity index (χ1n) is 27.7. The average Bonchev–Trinajstić information content (AvgIpc) is 3.35. The van der Waals surface area contributed by atoms with Crippen molar-refractivity contribution in [3.63, 3.8) is 0 Å². The smallest absolute Gasteiger partial charge is 0.306 e. The van der Waals surface area contributed by atoms with E-state index in [1.807, 2.05) is 0 Å². The minimum Gasteiger partial charge on any atom is -0.462 e. The maximum atomic E-state index is 13.0. The van der Waals surface area contributed by atoms with Gasteiger partial charge in [0.05, 0.1) is 19.8 Å². The number of aliphatic hydroxyl groups is 7. The molecule has 2 saturated heterocycles. The number of aliphatic hydroxyl groups excluding tert-OH is 7. The van der Waals surface area contributed by atoms with Crippen LogP contribution in [0.5, 0.6) is 0 Å². The summed E-state index contributed by atoms with van der Waals surface area (Å²) in [6, 6.07) is 0. The van der Waals surface area contributed by atoms with Crippen LogP contribution in [0.25, 0.3) is 0 Å². The lowest BCUT2D eigenvalue weighted by Crippen LogP contribution is -2.61. The first kappa shape index (κ1) is 63.9. The molecule has 4 unspecified atom stereocenters. The van der Waals surface area contributed by atoms with E-state index in [9.17, 15) is 45.3 Å². The molecule has 0 aromatic rings. The van der Waals surface area contributed by atoms with Crippen molar-refractivity contribution in [3.05, 3.63) is 30.0 Å². The lowest BCUT2D eigenvalue weighted by Gasteiger charge is -2.42. The third-order valence-corrected chi connectivity index (χ3v) is 13.2. The Hall–Kier alpha value is -2.24. The number of hydrogen-bond acceptors (Lipinski definition) is 15. The Morgan fingerprint density at radius 3 is 1.40 bits per heavy atom. The van der Waals surface area contributed by atoms with E-state index < -0.39 is 92.7 Å². The van der Waals surface area contributed by atoms with E-state index in [1.165, 1.54) is 116 Å². The summed E-state index contributed by atoms with van der Waals surface area (Å²) < 4.78 is 33.6. The monoisotopic (exact) mass is 999 g/mol. The summed E-state index contributed by atoms with van der Waals surface area (Å²) in [6.45, 7) is 2.57. The fraction of sp³-hybridized carbons (Fsp3) is 0.873. The number of ether oxygens (including phenoxy) is 6. The highest BCUT2D eigenvalue weighted by molar-refractivity contribution is 5.70. The van der Waals surface area contributed by atoms with Crippen molar-refractivity contribution in [1.29, 1.82) is 0 Å². The van der Waals surface area contributed by atoms with Crippen LogP contribution >= 0.6 is 0 Å². The SMILES string of the molecule is CCCCCCCC=C=CCCCCCCCC(=O)O[C@@H](COC(=O)CCCCCCCCCCC/C=C/CCCCCCCC)CO[C@@H]1O[C@H](CO[C@@H]2O[C@H](CO)[C@H](O)C(O)C2O)[C@H](O)C(O)C1O. The zero-order valence-corrected chi connectivity index (χ0v) is 43.3. The van der Waals surface area contributed by atoms with Crippen molar-refractivity contribution in [2.45, 2.75) is 280 Å². The summed E-state index contributed by atoms with van der Waals surface area (Å²) >= 11 is 0. The van der Waals surface area contributed by atoms with Crippen LogP contribution in [0.4, 0.5) is 0 Å². The molecule has 0 radical (unpaired) electrons. The molecule has 0 bridgehead atoms. The Bertz CT molecular complexity index is 1370. The molecular formula is C55H98O15. The van der Waals surface area contributed by atoms with Gasteiger partial charge in [0.15, 0.2) is 18.7 Å². The Balaban J connectivity index is 1.78. The topological polar surface area (TPSA) is 231 Å². The molecule has 2 heterocycles. The largest absolute Gasteiger partial charge is 0.462 e. The quantitative estimate of drug-likeness (QED) is 0.0131. The van der Waals surface area contributed by atoms with Gasteiger partial charge < -0.3 is 64.2 Å². The van der Waals surface area contributed by atoms with Gasteiger partial charge in [-0.25, -0.2) is 0 Å². The van der Waals surface area contributed by atoms with Gasteiger partial charge in [-0.1, -0.05) is 148 Å². The molecule has 0 saturated carbocycles. The first-order valence-corrected chi connectivity index (χ1v) is 27.7. The minimum atomic E-state index is -1.77. The summed E-state index contributed by atoms with van der Waals surface area (Å²) in [5, 5.41) is 72.2. The standard InChI is InChI=1S/C55H98O15/c1-3-5-7-9-11-13-15-17-19-20-21-22-24-25-27-29-31-33-35-37-46(57)65-40-43(68-47(58)38-36-34-32-30-28-26-23-18-16-14-12-10-8-6-4-2)41-66-54-53(64)51(62)49(60)45(70-54)42-67-55-52(63)50(61)48(59)44(39-56)69-55/h16-17,19,23,43-45,48-56,59-64H,3-15,20-22,24-42H2,1-2H3/b19-17+/t18?,43-,44+,45+,48-,49-,50?,51?,52?,53?,54+,55+/m0/s1. The normalized spacial score (nSPS) is 25.2. The van der Waals surface area contributed by atoms with Crippen molar-refractivity contribution >= 4 is 11.9 Å². The molecule has 15 heteroatoms. The van der Waals surface area contributed by atoms with Crippen LogP contribution in [0.1, 0.15) is 213 Å². The fourth-order valence-corrected chi connectivity index (χ4v) is 8.60. The van der Waals surface area contributed by atoms with E-state index in [-0.39, 0.29) is 26.1 Å². The van der Waals surface area contributed by atoms with Crippen LogP contribution < -0.4 is 0 Å². The molecule has 15 nitrogen and oxygen atoms in total. The van der Waals surface area contributed by atoms with E-state index in [4.69, 9.17) is 28.4 Å². The zero-order chi connectivity index (χ0) is 51.0. The highest BCUT2D eigenvalue weighted by atomic mass is 16.7. The van der Waals surface area contributed by atoms with Gasteiger partial charge in [0.1, 0.15) is 55.4 Å². The average molecular weight is 999 g/mol. The van der Waals surface area contributed by atoms with Gasteiger partial charge in [0, 0.05) is 12.8 Å². The Kier molecular flexibility index (Phi) is 38.5. The van der Waals surface area contributed by atoms with Crippen LogP contribution in [-0.2, 0) is 38.0 Å². The summed E-state index contributed by atoms with van der Waals surface area (Å²) in [5.41, 5.74) is 3.29. The van der Waals surface area contributed by atoms with Crippen LogP contribution in [0.15, 0.2) is 30.0 Å². The van der Waals surface area contributed by atoms with E-state index in [0.29, 0.717) is 12.8 Å². The van der Waals surface area contributed by atoms with Gasteiger partial charge >= 0.3 is 11.9 Å². The molecule has 0 spiro atoms. The van der Waals surface area contributed by atoms with E-state index in [1.54, 1.807) is 0 Å². The zero-order valence-electron chi connectivity index (χ0n) is 43.3. The van der Waals surface area contributed by atoms with Gasteiger partial charge in [-0.2, -0.15) is 0 Å². The lowest BCUT2D eigenvalue weighted by molar-refractivity contribution is -0.332. The fourth-order valence-electron chi connectivity index (χ4n) is 8.60. The molecule has 2 aliphatic rings. The summed E-state index contributed by atoms with van der Waals surface area (Å²) in [6.07, 6.45) is 25.5. The maximum Gasteiger partial charge on any atom is 0.306 e. The van der Waals surface area contributed by atoms with Gasteiger partial charge in [-0.15, -0.1) is 5.73 Å². The molecular weight excluding hydrogens is 901 g/mol. The molecule has 0 aromatic heterocycles. The van der Waals surface area contributed by atoms with Gasteiger partial charge in [0.2, 0.25) is 0 Å². The highest BCUT2D eigenvalue weighted by Crippen LogP contribution is 2.26. The lowest BCUT2D eigenvalue weighted by atomic mass is 9.98. The maximum absolute atomic E-state index is 13.0. The Morgan fingerprint density at radius 2 is 0.900 bits per heavy atom. The highest BCUT2D eigenvalue weighted by Gasteiger charge is 2.47. The second kappa shape index (κ2) is 42.2. The predicted molar refractivity (Wildman–Crippen MR) is 269 cm³/mol. The molecule has 11 atom stereocenters. The number of rotatable bonds is 43. The minimum absolute atomic E-state index is 0.146. The second-order valence-corrected chi connectivity index (χ2v) is 19.5. The molecule has 0 amide bonds. The van der Waals surface area contributed by atoms with Crippen molar-refractivity contribution in [2.75, 3.05) is 26.4 Å². The van der Waals surface area contributed by atoms with Crippen molar-refractivity contribution < 1.29 is 73.8 Å². The van der Waals surface area contributed by atoms with E-state index in [2.05, 4.69) is 43.9 Å². The number of carbonyl (C=O) groups excluding carboxylic acids is 2. The van der Waals surface area contributed by atoms with Crippen molar-refractivity contribution in [3.8, 4) is 0 Å². The molecule has 7 N–H and O–H groups in total. The number of esters is 2. The van der Waals surface area contributed by atoms with Crippen molar-refractivity contribution in [2.24, 2.45) is 0 Å². The number of unbranched alkanes of at least 4 members (excludes halogenated alkanes) is 25. The number of hydrogen-bond donors (Lipinski definition) is 7. The summed E-state index contributed by atoms with van der Waals surface area (Å²) in [5.74, 6) is -0.942. The molecule has 2 aliphatic heterocycles. The molecule has 0 aromatic carbocycles. The van der Waals surface area contributed by atoms with Crippen LogP contribution in [0.3, 0.4) is 0 Å². The van der Waals surface area contributed by atoms with Crippen LogP contribution in [0, 0.1) is 0 Å². The van der Waals surface area contributed by atoms with Crippen molar-refractivity contribution in [1.82, 2.24) is 0 Å². The van der Waals surface area contributed by atoms with E-state index in [0.717, 1.165) is 57.8 Å². The van der Waals surface area contributed by atoms with Crippen LogP contribution in [-0.4, -0.2) is 142 Å². The van der Waals surface area contributed by atoms with Gasteiger partial charge in [-0.3, -0.25) is 9.59 Å². The summed E-state index contributed by atoms with van der Waals surface area (Å²) in [4.78, 5) is 25.8. The molecule has 2 rings (SSSR count). The first-order chi connectivity index (χ1) is 34.0. The molecule has 408 valence electrons. The van der Waals surface area contributed by atoms with E-state index >= 15 is 0 Å². The van der Waals surface area contributed by atoms with Crippen LogP contribution in [0.2, 0.25) is 0 Å². The Morgan fingerprint density at radius 1 is 0.486 bits per heavy atom. The third-order valence-electron chi connectivity index (χ3n) is 13.2. The number of carbonyl (C=O) groups is 2. The molecule has 0 aliphatic carbocycles. The Labute approximate surface area is 421 Å². The van der Waals surface area contributed by atoms with Gasteiger partial charge in [-0.05, 0) is 76.4 Å². The number of allylic oxidation sites excluding steroid dienone is 3. The summed E-state index contributed by atoms with van der Waals surface area (Å²) in [7, 11) is 0. The predicted octanol–water partition coefficient (Wildman–Crippen LogP) is 8.48. The molecule has 2 fully saturated rings.